The monoisotopic (exact) mass is 474 g/mol. The van der Waals surface area contributed by atoms with Crippen LogP contribution in [-0.2, 0) is 16.0 Å². The maximum absolute atomic E-state index is 13.4. The van der Waals surface area contributed by atoms with Crippen LogP contribution in [0.15, 0.2) is 48.5 Å². The van der Waals surface area contributed by atoms with E-state index in [1.165, 1.54) is 12.1 Å². The molecule has 0 N–H and O–H groups in total. The molecule has 1 heterocycles. The number of aromatic nitrogens is 1. The number of rotatable bonds is 6. The van der Waals surface area contributed by atoms with Gasteiger partial charge in [-0.1, -0.05) is 30.3 Å². The molecular formula is C29H31FN2O3. The molecule has 35 heavy (non-hydrogen) atoms. The summed E-state index contributed by atoms with van der Waals surface area (Å²) in [5.74, 6) is -1.01. The molecule has 6 heteroatoms. The molecule has 1 aliphatic rings. The van der Waals surface area contributed by atoms with Crippen LogP contribution in [0.2, 0.25) is 0 Å². The third kappa shape index (κ3) is 5.26. The molecule has 3 aromatic rings. The third-order valence-corrected chi connectivity index (χ3v) is 6.31. The van der Waals surface area contributed by atoms with Gasteiger partial charge in [-0.2, -0.15) is 0 Å². The molecule has 5 nitrogen and oxygen atoms in total. The van der Waals surface area contributed by atoms with E-state index >= 15 is 0 Å². The van der Waals surface area contributed by atoms with Crippen LogP contribution in [-0.4, -0.2) is 40.5 Å². The van der Waals surface area contributed by atoms with Crippen LogP contribution in [0.5, 0.6) is 0 Å². The minimum Gasteiger partial charge on any atom is -0.452 e. The van der Waals surface area contributed by atoms with Crippen LogP contribution in [0.3, 0.4) is 0 Å². The summed E-state index contributed by atoms with van der Waals surface area (Å²) < 4.78 is 19.0. The second-order valence-electron chi connectivity index (χ2n) is 9.47. The third-order valence-electron chi connectivity index (χ3n) is 6.31. The summed E-state index contributed by atoms with van der Waals surface area (Å²) >= 11 is 0. The number of para-hydroxylation sites is 1. The van der Waals surface area contributed by atoms with Crippen LogP contribution in [0, 0.1) is 5.82 Å². The van der Waals surface area contributed by atoms with Gasteiger partial charge < -0.3 is 9.64 Å². The number of carbonyl (C=O) groups is 2. The Kier molecular flexibility index (Phi) is 7.29. The summed E-state index contributed by atoms with van der Waals surface area (Å²) in [7, 11) is 0. The molecule has 2 aromatic carbocycles. The largest absolute Gasteiger partial charge is 0.452 e. The van der Waals surface area contributed by atoms with Crippen LogP contribution < -0.4 is 0 Å². The van der Waals surface area contributed by atoms with Gasteiger partial charge in [0.05, 0.1) is 16.8 Å². The molecule has 0 bridgehead atoms. The summed E-state index contributed by atoms with van der Waals surface area (Å²) in [4.78, 5) is 32.8. The Labute approximate surface area is 205 Å². The van der Waals surface area contributed by atoms with Crippen molar-refractivity contribution in [1.82, 2.24) is 9.88 Å². The van der Waals surface area contributed by atoms with E-state index in [0.29, 0.717) is 17.5 Å². The van der Waals surface area contributed by atoms with E-state index in [1.54, 1.807) is 17.0 Å². The zero-order valence-corrected chi connectivity index (χ0v) is 20.7. The Balaban J connectivity index is 1.72. The van der Waals surface area contributed by atoms with Gasteiger partial charge in [0.25, 0.3) is 5.91 Å². The minimum absolute atomic E-state index is 0.00914. The molecular weight excluding hydrogens is 443 g/mol. The molecule has 1 aromatic heterocycles. The molecule has 0 saturated heterocycles. The Morgan fingerprint density at radius 1 is 1.03 bits per heavy atom. The first-order valence-corrected chi connectivity index (χ1v) is 12.1. The number of nitrogens with zero attached hydrogens (tertiary/aromatic N) is 2. The molecule has 0 atom stereocenters. The van der Waals surface area contributed by atoms with Crippen molar-refractivity contribution in [2.24, 2.45) is 0 Å². The number of hydrogen-bond acceptors (Lipinski definition) is 4. The Morgan fingerprint density at radius 3 is 2.40 bits per heavy atom. The van der Waals surface area contributed by atoms with Gasteiger partial charge in [0.2, 0.25) is 0 Å². The highest BCUT2D eigenvalue weighted by Gasteiger charge is 2.27. The lowest BCUT2D eigenvalue weighted by molar-refractivity contribution is -0.138. The van der Waals surface area contributed by atoms with Crippen molar-refractivity contribution >= 4 is 34.4 Å². The lowest BCUT2D eigenvalue weighted by Crippen LogP contribution is -2.44. The molecule has 0 spiro atoms. The number of hydrogen-bond donors (Lipinski definition) is 0. The van der Waals surface area contributed by atoms with Crippen molar-refractivity contribution in [1.29, 1.82) is 0 Å². The van der Waals surface area contributed by atoms with Gasteiger partial charge in [0.15, 0.2) is 6.61 Å². The van der Waals surface area contributed by atoms with E-state index in [9.17, 15) is 14.0 Å². The van der Waals surface area contributed by atoms with Gasteiger partial charge >= 0.3 is 5.97 Å². The fraction of sp³-hybridized carbons (Fsp3) is 0.345. The quantitative estimate of drug-likeness (QED) is 0.408. The number of pyridine rings is 1. The molecule has 0 aliphatic heterocycles. The van der Waals surface area contributed by atoms with Crippen LogP contribution >= 0.6 is 0 Å². The zero-order chi connectivity index (χ0) is 25.1. The van der Waals surface area contributed by atoms with Crippen molar-refractivity contribution in [3.8, 4) is 0 Å². The maximum Gasteiger partial charge on any atom is 0.339 e. The number of fused-ring (bicyclic) bond motifs is 2. The number of allylic oxidation sites excluding steroid dienone is 1. The van der Waals surface area contributed by atoms with E-state index in [-0.39, 0.29) is 30.4 Å². The SMILES string of the molecule is CC(C)N(C(=O)COC(=O)c1c2c(nc3ccccc13)C(=Cc1ccc(F)cc1)CCC2)C(C)C. The van der Waals surface area contributed by atoms with E-state index in [4.69, 9.17) is 9.72 Å². The fourth-order valence-corrected chi connectivity index (χ4v) is 4.91. The molecule has 0 saturated carbocycles. The van der Waals surface area contributed by atoms with Crippen LogP contribution in [0.1, 0.15) is 67.7 Å². The predicted molar refractivity (Wildman–Crippen MR) is 136 cm³/mol. The highest BCUT2D eigenvalue weighted by Crippen LogP contribution is 2.36. The number of benzene rings is 2. The topological polar surface area (TPSA) is 59.5 Å². The summed E-state index contributed by atoms with van der Waals surface area (Å²) in [6, 6.07) is 13.8. The van der Waals surface area contributed by atoms with Gasteiger partial charge in [-0.15, -0.1) is 0 Å². The van der Waals surface area contributed by atoms with Gasteiger partial charge in [0, 0.05) is 17.5 Å². The number of carbonyl (C=O) groups excluding carboxylic acids is 2. The van der Waals surface area contributed by atoms with Crippen molar-refractivity contribution < 1.29 is 18.7 Å². The lowest BCUT2D eigenvalue weighted by atomic mass is 9.86. The van der Waals surface area contributed by atoms with Gasteiger partial charge in [-0.25, -0.2) is 14.2 Å². The predicted octanol–water partition coefficient (Wildman–Crippen LogP) is 6.05. The Bertz CT molecular complexity index is 1270. The second-order valence-corrected chi connectivity index (χ2v) is 9.47. The van der Waals surface area contributed by atoms with Gasteiger partial charge in [-0.3, -0.25) is 4.79 Å². The first kappa shape index (κ1) is 24.6. The zero-order valence-electron chi connectivity index (χ0n) is 20.7. The van der Waals surface area contributed by atoms with Crippen molar-refractivity contribution in [3.63, 3.8) is 0 Å². The molecule has 0 fully saturated rings. The standard InChI is InChI=1S/C29H31FN2O3/c1-18(2)32(19(3)4)26(33)17-35-29(34)27-23-9-5-6-11-25(23)31-28-21(8-7-10-24(27)28)16-20-12-14-22(30)15-13-20/h5-6,9,11-16,18-19H,7-8,10,17H2,1-4H3. The number of halogens is 1. The lowest BCUT2D eigenvalue weighted by Gasteiger charge is -2.30. The average Bonchev–Trinajstić information content (AvgIpc) is 2.82. The maximum atomic E-state index is 13.4. The van der Waals surface area contributed by atoms with E-state index in [1.807, 2.05) is 58.0 Å². The molecule has 182 valence electrons. The molecule has 1 amide bonds. The average molecular weight is 475 g/mol. The molecule has 0 radical (unpaired) electrons. The molecule has 1 aliphatic carbocycles. The minimum atomic E-state index is -0.510. The first-order valence-electron chi connectivity index (χ1n) is 12.1. The van der Waals surface area contributed by atoms with Crippen molar-refractivity contribution in [3.05, 3.63) is 76.7 Å². The molecule has 0 unspecified atom stereocenters. The number of ether oxygens (including phenoxy) is 1. The summed E-state index contributed by atoms with van der Waals surface area (Å²) in [5.41, 5.74) is 4.65. The number of esters is 1. The fourth-order valence-electron chi connectivity index (χ4n) is 4.91. The van der Waals surface area contributed by atoms with Gasteiger partial charge in [-0.05, 0) is 87.9 Å². The Hall–Kier alpha value is -3.54. The van der Waals surface area contributed by atoms with Crippen LogP contribution in [0.4, 0.5) is 4.39 Å². The van der Waals surface area contributed by atoms with E-state index in [2.05, 4.69) is 0 Å². The number of amides is 1. The van der Waals surface area contributed by atoms with Crippen LogP contribution in [0.25, 0.3) is 22.6 Å². The van der Waals surface area contributed by atoms with Gasteiger partial charge in [0.1, 0.15) is 5.82 Å². The highest BCUT2D eigenvalue weighted by molar-refractivity contribution is 6.07. The summed E-state index contributed by atoms with van der Waals surface area (Å²) in [6.45, 7) is 7.48. The first-order chi connectivity index (χ1) is 16.8. The van der Waals surface area contributed by atoms with Crippen molar-refractivity contribution in [2.75, 3.05) is 6.61 Å². The van der Waals surface area contributed by atoms with E-state index in [0.717, 1.165) is 40.6 Å². The summed E-state index contributed by atoms with van der Waals surface area (Å²) in [6.07, 6.45) is 4.35. The normalized spacial score (nSPS) is 14.4. The Morgan fingerprint density at radius 2 is 1.71 bits per heavy atom. The molecule has 4 rings (SSSR count). The smallest absolute Gasteiger partial charge is 0.339 e. The summed E-state index contributed by atoms with van der Waals surface area (Å²) in [5, 5.41) is 0.719. The highest BCUT2D eigenvalue weighted by atomic mass is 19.1. The second kappa shape index (κ2) is 10.4. The van der Waals surface area contributed by atoms with Crippen molar-refractivity contribution in [2.45, 2.75) is 59.0 Å². The van der Waals surface area contributed by atoms with E-state index < -0.39 is 5.97 Å².